The van der Waals surface area contributed by atoms with E-state index in [2.05, 4.69) is 0 Å². The summed E-state index contributed by atoms with van der Waals surface area (Å²) in [7, 11) is 0. The maximum absolute atomic E-state index is 14.3. The van der Waals surface area contributed by atoms with Crippen LogP contribution in [0.1, 0.15) is 15.9 Å². The lowest BCUT2D eigenvalue weighted by Gasteiger charge is -2.30. The summed E-state index contributed by atoms with van der Waals surface area (Å²) in [6.45, 7) is 0. The Labute approximate surface area is 179 Å². The fourth-order valence-corrected chi connectivity index (χ4v) is 3.50. The van der Waals surface area contributed by atoms with Crippen molar-refractivity contribution in [2.75, 3.05) is 5.32 Å². The number of nitrogens with one attached hydrogen (secondary N) is 3. The van der Waals surface area contributed by atoms with Crippen molar-refractivity contribution in [3.63, 3.8) is 0 Å². The van der Waals surface area contributed by atoms with Crippen LogP contribution in [0.15, 0.2) is 58.1 Å². The Bertz CT molecular complexity index is 1410. The van der Waals surface area contributed by atoms with Crippen LogP contribution in [0.4, 0.5) is 27.8 Å². The zero-order valence-electron chi connectivity index (χ0n) is 16.1. The van der Waals surface area contributed by atoms with E-state index >= 15 is 0 Å². The number of hydrogen-bond donors (Lipinski definition) is 3. The van der Waals surface area contributed by atoms with Crippen LogP contribution in [0, 0.1) is 11.6 Å². The van der Waals surface area contributed by atoms with Gasteiger partial charge in [-0.25, -0.2) is 18.1 Å². The van der Waals surface area contributed by atoms with Crippen LogP contribution in [0.25, 0.3) is 5.69 Å². The van der Waals surface area contributed by atoms with Crippen LogP contribution in [0.3, 0.4) is 0 Å². The predicted molar refractivity (Wildman–Crippen MR) is 103 cm³/mol. The monoisotopic (exact) mass is 466 g/mol. The number of amides is 2. The number of anilines is 1. The van der Waals surface area contributed by atoms with E-state index in [0.29, 0.717) is 4.57 Å². The number of nitrogens with zero attached hydrogens (tertiary/aromatic N) is 1. The molecule has 2 heterocycles. The molecule has 13 heteroatoms. The second-order valence-electron chi connectivity index (χ2n) is 6.93. The number of halogens is 5. The van der Waals surface area contributed by atoms with Gasteiger partial charge in [0.05, 0.1) is 11.3 Å². The van der Waals surface area contributed by atoms with Gasteiger partial charge in [-0.2, -0.15) is 13.2 Å². The van der Waals surface area contributed by atoms with Gasteiger partial charge in [-0.3, -0.25) is 19.4 Å². The maximum atomic E-state index is 14.3. The molecule has 0 spiro atoms. The molecule has 3 aromatic rings. The third kappa shape index (κ3) is 3.28. The molecule has 1 aliphatic rings. The molecule has 2 aromatic carbocycles. The first-order valence-electron chi connectivity index (χ1n) is 9.08. The quantitative estimate of drug-likeness (QED) is 0.512. The largest absolute Gasteiger partial charge is 0.425 e. The number of carbonyl (C=O) groups is 2. The molecule has 0 saturated heterocycles. The lowest BCUT2D eigenvalue weighted by atomic mass is 9.91. The number of fused-ring (bicyclic) bond motifs is 1. The van der Waals surface area contributed by atoms with E-state index in [1.54, 1.807) is 4.98 Å². The third-order valence-electron chi connectivity index (χ3n) is 4.99. The lowest BCUT2D eigenvalue weighted by Crippen LogP contribution is -2.62. The lowest BCUT2D eigenvalue weighted by molar-refractivity contribution is -0.196. The van der Waals surface area contributed by atoms with E-state index in [1.807, 2.05) is 5.32 Å². The number of carbonyl (C=O) groups excluding carboxylic acids is 2. The number of H-pyrrole nitrogens is 1. The zero-order chi connectivity index (χ0) is 24.1. The molecule has 3 N–H and O–H groups in total. The Morgan fingerprint density at radius 1 is 0.970 bits per heavy atom. The summed E-state index contributed by atoms with van der Waals surface area (Å²) in [6, 6.07) is 7.90. The standard InChI is InChI=1S/C20H11F5N4O4/c21-9-5-7-10(8-6-9)29-14-13(16(31)27-18(29)33)19(17(32)26-14,20(23,24)25)28-15(30)11-3-1-2-4-12(11)22/h1-8H,(H,26,32)(H,28,30)(H,27,31,33)/t19-/m1/s1. The van der Waals surface area contributed by atoms with Gasteiger partial charge in [-0.05, 0) is 36.4 Å². The number of hydrogen-bond acceptors (Lipinski definition) is 4. The second kappa shape index (κ2) is 7.39. The van der Waals surface area contributed by atoms with E-state index in [9.17, 15) is 41.1 Å². The Morgan fingerprint density at radius 3 is 2.21 bits per heavy atom. The van der Waals surface area contributed by atoms with Gasteiger partial charge in [0.2, 0.25) is 0 Å². The molecule has 0 unspecified atom stereocenters. The molecular weight excluding hydrogens is 455 g/mol. The Hall–Kier alpha value is -4.29. The number of alkyl halides is 3. The highest BCUT2D eigenvalue weighted by Gasteiger charge is 2.68. The van der Waals surface area contributed by atoms with Crippen molar-refractivity contribution in [1.29, 1.82) is 0 Å². The molecule has 4 rings (SSSR count). The van der Waals surface area contributed by atoms with Crippen molar-refractivity contribution in [2.45, 2.75) is 11.7 Å². The average molecular weight is 466 g/mol. The summed E-state index contributed by atoms with van der Waals surface area (Å²) < 4.78 is 70.8. The second-order valence-corrected chi connectivity index (χ2v) is 6.93. The predicted octanol–water partition coefficient (Wildman–Crippen LogP) is 1.94. The van der Waals surface area contributed by atoms with E-state index in [0.717, 1.165) is 36.4 Å². The van der Waals surface area contributed by atoms with Gasteiger partial charge in [0.25, 0.3) is 22.9 Å². The van der Waals surface area contributed by atoms with Gasteiger partial charge in [-0.1, -0.05) is 12.1 Å². The molecule has 1 atom stereocenters. The van der Waals surface area contributed by atoms with Crippen molar-refractivity contribution >= 4 is 17.6 Å². The first-order chi connectivity index (χ1) is 15.5. The van der Waals surface area contributed by atoms with Crippen molar-refractivity contribution in [3.8, 4) is 5.69 Å². The minimum absolute atomic E-state index is 0.187. The first kappa shape index (κ1) is 21.9. The molecule has 0 fully saturated rings. The summed E-state index contributed by atoms with van der Waals surface area (Å²) in [5.41, 5.74) is -9.14. The molecular formula is C20H11F5N4O4. The molecule has 0 saturated carbocycles. The van der Waals surface area contributed by atoms with Crippen LogP contribution in [-0.4, -0.2) is 27.5 Å². The van der Waals surface area contributed by atoms with E-state index in [1.165, 1.54) is 17.4 Å². The van der Waals surface area contributed by atoms with E-state index < -0.39 is 63.4 Å². The number of benzene rings is 2. The molecule has 170 valence electrons. The highest BCUT2D eigenvalue weighted by atomic mass is 19.4. The normalized spacial score (nSPS) is 17.4. The maximum Gasteiger partial charge on any atom is 0.425 e. The highest BCUT2D eigenvalue weighted by Crippen LogP contribution is 2.45. The summed E-state index contributed by atoms with van der Waals surface area (Å²) in [5.74, 6) is -6.31. The van der Waals surface area contributed by atoms with Gasteiger partial charge in [0, 0.05) is 0 Å². The third-order valence-corrected chi connectivity index (χ3v) is 4.99. The first-order valence-corrected chi connectivity index (χ1v) is 9.08. The minimum Gasteiger partial charge on any atom is -0.326 e. The van der Waals surface area contributed by atoms with Crippen LogP contribution in [0.5, 0.6) is 0 Å². The Morgan fingerprint density at radius 2 is 1.61 bits per heavy atom. The van der Waals surface area contributed by atoms with Gasteiger partial charge >= 0.3 is 11.9 Å². The molecule has 2 amide bonds. The summed E-state index contributed by atoms with van der Waals surface area (Å²) in [4.78, 5) is 51.8. The van der Waals surface area contributed by atoms with E-state index in [-0.39, 0.29) is 5.69 Å². The van der Waals surface area contributed by atoms with Crippen LogP contribution >= 0.6 is 0 Å². The minimum atomic E-state index is -5.60. The van der Waals surface area contributed by atoms with Crippen LogP contribution < -0.4 is 21.9 Å². The summed E-state index contributed by atoms with van der Waals surface area (Å²) in [6.07, 6.45) is -5.60. The van der Waals surface area contributed by atoms with Crippen LogP contribution in [-0.2, 0) is 10.3 Å². The van der Waals surface area contributed by atoms with Crippen LogP contribution in [0.2, 0.25) is 0 Å². The van der Waals surface area contributed by atoms with Gasteiger partial charge in [0.15, 0.2) is 0 Å². The fraction of sp³-hybridized carbons (Fsp3) is 0.100. The van der Waals surface area contributed by atoms with Gasteiger partial charge in [-0.15, -0.1) is 0 Å². The van der Waals surface area contributed by atoms with E-state index in [4.69, 9.17) is 0 Å². The number of aromatic amines is 1. The topological polar surface area (TPSA) is 113 Å². The van der Waals surface area contributed by atoms with Gasteiger partial charge in [0.1, 0.15) is 23.0 Å². The summed E-state index contributed by atoms with van der Waals surface area (Å²) >= 11 is 0. The van der Waals surface area contributed by atoms with Crippen molar-refractivity contribution in [2.24, 2.45) is 0 Å². The fourth-order valence-electron chi connectivity index (χ4n) is 3.50. The Kier molecular flexibility index (Phi) is 4.91. The van der Waals surface area contributed by atoms with Gasteiger partial charge < -0.3 is 10.6 Å². The molecule has 33 heavy (non-hydrogen) atoms. The molecule has 1 aromatic heterocycles. The van der Waals surface area contributed by atoms with Crippen molar-refractivity contribution < 1.29 is 31.5 Å². The number of aromatic nitrogens is 2. The summed E-state index contributed by atoms with van der Waals surface area (Å²) in [5, 5.41) is 3.24. The molecule has 0 aliphatic carbocycles. The molecule has 8 nitrogen and oxygen atoms in total. The number of rotatable bonds is 3. The molecule has 1 aliphatic heterocycles. The molecule has 0 radical (unpaired) electrons. The molecule has 0 bridgehead atoms. The zero-order valence-corrected chi connectivity index (χ0v) is 16.1. The average Bonchev–Trinajstić information content (AvgIpc) is 3.02. The SMILES string of the molecule is O=C(N[C@@]1(C(F)(F)F)C(=O)Nc2c1c(=O)[nH]c(=O)n2-c1ccc(F)cc1)c1ccccc1F. The smallest absolute Gasteiger partial charge is 0.326 e. The highest BCUT2D eigenvalue weighted by molar-refractivity contribution is 6.09. The Balaban J connectivity index is 1.98. The van der Waals surface area contributed by atoms with Crippen molar-refractivity contribution in [3.05, 3.63) is 92.1 Å². The van der Waals surface area contributed by atoms with Crippen molar-refractivity contribution in [1.82, 2.24) is 14.9 Å².